The van der Waals surface area contributed by atoms with E-state index in [0.29, 0.717) is 32.1 Å². The van der Waals surface area contributed by atoms with Gasteiger partial charge in [-0.1, -0.05) is 46.3 Å². The predicted molar refractivity (Wildman–Crippen MR) is 233 cm³/mol. The number of hydrogen-bond acceptors (Lipinski definition) is 18. The quantitative estimate of drug-likeness (QED) is 0.0994. The van der Waals surface area contributed by atoms with Gasteiger partial charge in [0.2, 0.25) is 0 Å². The lowest BCUT2D eigenvalue weighted by Crippen LogP contribution is -2.68. The molecule has 0 unspecified atom stereocenters. The van der Waals surface area contributed by atoms with Crippen molar-refractivity contribution in [3.63, 3.8) is 0 Å². The highest BCUT2D eigenvalue weighted by Gasteiger charge is 2.70. The molecule has 0 bridgehead atoms. The summed E-state index contributed by atoms with van der Waals surface area (Å²) in [4.78, 5) is 25.1. The van der Waals surface area contributed by atoms with Crippen molar-refractivity contribution in [1.82, 2.24) is 0 Å². The summed E-state index contributed by atoms with van der Waals surface area (Å²) in [6.45, 7) is 12.9. The van der Waals surface area contributed by atoms with Crippen LogP contribution in [0.3, 0.4) is 0 Å². The molecule has 8 rings (SSSR count). The second-order valence-corrected chi connectivity index (χ2v) is 23.3. The Hall–Kier alpha value is -1.96. The van der Waals surface area contributed by atoms with Crippen molar-refractivity contribution >= 4 is 11.9 Å². The van der Waals surface area contributed by atoms with E-state index in [0.717, 1.165) is 19.3 Å². The third kappa shape index (κ3) is 7.85. The maximum Gasteiger partial charge on any atom is 0.335 e. The number of aliphatic hydroxyl groups excluding tert-OH is 10. The van der Waals surface area contributed by atoms with Gasteiger partial charge in [-0.3, -0.25) is 4.79 Å². The number of aliphatic hydroxyl groups is 10. The van der Waals surface area contributed by atoms with Gasteiger partial charge in [0.05, 0.1) is 36.9 Å². The number of carbonyl (C=O) groups is 2. The van der Waals surface area contributed by atoms with Gasteiger partial charge in [-0.05, 0) is 106 Å². The standard InChI is InChI=1S/C48H76O20/c1-20-28(52)30(54)34(58)39(63-20)67-36-31(55)29(53)23(18-49)64-40(36)68-37-33(57)32(56)35(38(59)60)66-41(37)65-27-11-12-45(4)24(46(27,5)19-50)10-13-48(7)25(45)9-8-21-22-16-43(2,42(61)62)17-26(51)44(22,3)14-15-47(21,48)6/h8,20,22-37,39-41,49-58H,9-19H2,1-7H3,(H,59,60)(H,61,62)/t20-,22-,23+,24+,25+,26+,27-,28-,29-,30+,31-,32-,33-,34+,35-,36+,37+,39-,40-,41+,43-,44+,45-,46+,47+,48+/m0/s1. The number of ether oxygens (including phenoxy) is 6. The third-order valence-corrected chi connectivity index (χ3v) is 19.8. The van der Waals surface area contributed by atoms with Gasteiger partial charge in [-0.25, -0.2) is 4.79 Å². The van der Waals surface area contributed by atoms with Crippen molar-refractivity contribution in [1.29, 1.82) is 0 Å². The van der Waals surface area contributed by atoms with Crippen molar-refractivity contribution in [2.45, 2.75) is 211 Å². The van der Waals surface area contributed by atoms with Crippen LogP contribution in [0.5, 0.6) is 0 Å². The first-order chi connectivity index (χ1) is 31.7. The van der Waals surface area contributed by atoms with E-state index >= 15 is 0 Å². The van der Waals surface area contributed by atoms with Crippen LogP contribution in [0, 0.1) is 50.2 Å². The number of rotatable bonds is 10. The first-order valence-corrected chi connectivity index (χ1v) is 24.4. The molecule has 0 aromatic heterocycles. The van der Waals surface area contributed by atoms with Crippen LogP contribution in [0.4, 0.5) is 0 Å². The third-order valence-electron chi connectivity index (χ3n) is 19.8. The Labute approximate surface area is 396 Å². The lowest BCUT2D eigenvalue weighted by molar-refractivity contribution is -0.396. The van der Waals surface area contributed by atoms with E-state index in [1.54, 1.807) is 6.92 Å². The molecule has 8 aliphatic rings. The minimum atomic E-state index is -2.10. The zero-order valence-corrected chi connectivity index (χ0v) is 40.0. The summed E-state index contributed by atoms with van der Waals surface area (Å²) in [5.41, 5.74) is -2.20. The SMILES string of the molecule is C[C@@H]1O[C@@H](O[C@H]2[C@H](O[C@H]3[C@H](O[C@H]4CC[C@@]5(C)[C@@H](CC[C@]6(C)[C@@H]5CC=C5[C@@H]7C[C@](C)(C(=O)O)C[C@@H](O)[C@]7(C)CC[C@]56C)[C@@]4(C)CO)O[C@H](C(=O)O)[C@@H](O)[C@@H]3O)O[C@H](CO)[C@H](O)[C@@H]2O)[C@H](O)[C@H](O)[C@H]1O. The summed E-state index contributed by atoms with van der Waals surface area (Å²) in [6, 6.07) is 0. The molecule has 3 aliphatic heterocycles. The van der Waals surface area contributed by atoms with Crippen molar-refractivity contribution in [2.24, 2.45) is 50.2 Å². The largest absolute Gasteiger partial charge is 0.481 e. The Bertz CT molecular complexity index is 1920. The molecule has 20 nitrogen and oxygen atoms in total. The Balaban J connectivity index is 1.08. The molecule has 0 amide bonds. The van der Waals surface area contributed by atoms with Crippen LogP contribution < -0.4 is 0 Å². The number of allylic oxidation sites excluding steroid dienone is 2. The minimum Gasteiger partial charge on any atom is -0.481 e. The summed E-state index contributed by atoms with van der Waals surface area (Å²) in [7, 11) is 0. The molecule has 20 heteroatoms. The molecule has 3 heterocycles. The van der Waals surface area contributed by atoms with Crippen LogP contribution in [0.2, 0.25) is 0 Å². The number of fused-ring (bicyclic) bond motifs is 7. The number of hydrogen-bond donors (Lipinski definition) is 12. The first kappa shape index (κ1) is 52.4. The predicted octanol–water partition coefficient (Wildman–Crippen LogP) is -0.231. The molecule has 12 N–H and O–H groups in total. The van der Waals surface area contributed by atoms with Gasteiger partial charge in [0, 0.05) is 10.8 Å². The molecule has 5 aliphatic carbocycles. The lowest BCUT2D eigenvalue weighted by atomic mass is 9.33. The van der Waals surface area contributed by atoms with E-state index in [1.807, 2.05) is 6.92 Å². The highest BCUT2D eigenvalue weighted by molar-refractivity contribution is 5.74. The molecular weight excluding hydrogens is 897 g/mol. The van der Waals surface area contributed by atoms with Crippen molar-refractivity contribution < 1.29 is 99.3 Å². The summed E-state index contributed by atoms with van der Waals surface area (Å²) >= 11 is 0. The Morgan fingerprint density at radius 3 is 1.91 bits per heavy atom. The van der Waals surface area contributed by atoms with E-state index in [1.165, 1.54) is 12.5 Å². The molecule has 4 saturated carbocycles. The normalized spacial score (nSPS) is 56.0. The molecule has 388 valence electrons. The fraction of sp³-hybridized carbons (Fsp3) is 0.917. The monoisotopic (exact) mass is 972 g/mol. The Kier molecular flexibility index (Phi) is 14.0. The van der Waals surface area contributed by atoms with E-state index in [2.05, 4.69) is 33.8 Å². The van der Waals surface area contributed by atoms with E-state index < -0.39 is 139 Å². The van der Waals surface area contributed by atoms with Gasteiger partial charge in [-0.2, -0.15) is 0 Å². The van der Waals surface area contributed by atoms with Crippen LogP contribution in [0.25, 0.3) is 0 Å². The van der Waals surface area contributed by atoms with E-state index in [9.17, 15) is 70.9 Å². The average molecular weight is 973 g/mol. The topological polar surface area (TPSA) is 332 Å². The highest BCUT2D eigenvalue weighted by atomic mass is 16.8. The maximum atomic E-state index is 12.6. The number of carboxylic acids is 2. The fourth-order valence-corrected chi connectivity index (χ4v) is 15.1. The molecule has 0 aromatic carbocycles. The molecule has 68 heavy (non-hydrogen) atoms. The van der Waals surface area contributed by atoms with Gasteiger partial charge in [0.25, 0.3) is 0 Å². The minimum absolute atomic E-state index is 0.114. The molecule has 3 saturated heterocycles. The second-order valence-electron chi connectivity index (χ2n) is 23.3. The zero-order valence-electron chi connectivity index (χ0n) is 40.0. The second kappa shape index (κ2) is 18.2. The highest BCUT2D eigenvalue weighted by Crippen LogP contribution is 2.76. The van der Waals surface area contributed by atoms with Gasteiger partial charge in [-0.15, -0.1) is 0 Å². The summed E-state index contributed by atoms with van der Waals surface area (Å²) < 4.78 is 36.1. The summed E-state index contributed by atoms with van der Waals surface area (Å²) in [5.74, 6) is -2.68. The van der Waals surface area contributed by atoms with Crippen LogP contribution in [0.15, 0.2) is 11.6 Å². The molecule has 0 spiro atoms. The van der Waals surface area contributed by atoms with Crippen LogP contribution in [0.1, 0.15) is 106 Å². The van der Waals surface area contributed by atoms with Gasteiger partial charge in [0.1, 0.15) is 61.0 Å². The van der Waals surface area contributed by atoms with E-state index in [4.69, 9.17) is 28.4 Å². The average Bonchev–Trinajstić information content (AvgIpc) is 3.28. The summed E-state index contributed by atoms with van der Waals surface area (Å²) in [5, 5.41) is 130. The van der Waals surface area contributed by atoms with Crippen LogP contribution >= 0.6 is 0 Å². The van der Waals surface area contributed by atoms with Crippen molar-refractivity contribution in [2.75, 3.05) is 13.2 Å². The van der Waals surface area contributed by atoms with Crippen molar-refractivity contribution in [3.05, 3.63) is 11.6 Å². The fourth-order valence-electron chi connectivity index (χ4n) is 15.1. The van der Waals surface area contributed by atoms with Gasteiger partial charge < -0.3 is 89.7 Å². The smallest absolute Gasteiger partial charge is 0.335 e. The number of carboxylic acid groups (broad SMARTS) is 2. The van der Waals surface area contributed by atoms with Crippen LogP contribution in [-0.2, 0) is 38.0 Å². The Morgan fingerprint density at radius 1 is 0.662 bits per heavy atom. The van der Waals surface area contributed by atoms with Gasteiger partial charge in [0.15, 0.2) is 25.0 Å². The number of aliphatic carboxylic acids is 2. The lowest BCUT2D eigenvalue weighted by Gasteiger charge is -2.71. The molecule has 7 fully saturated rings. The van der Waals surface area contributed by atoms with Gasteiger partial charge >= 0.3 is 11.9 Å². The first-order valence-electron chi connectivity index (χ1n) is 24.4. The maximum absolute atomic E-state index is 12.6. The molecule has 26 atom stereocenters. The zero-order chi connectivity index (χ0) is 50.0. The van der Waals surface area contributed by atoms with Crippen LogP contribution in [-0.4, -0.2) is 191 Å². The molecule has 0 radical (unpaired) electrons. The molecular formula is C48H76O20. The van der Waals surface area contributed by atoms with Crippen molar-refractivity contribution in [3.8, 4) is 0 Å². The Morgan fingerprint density at radius 2 is 1.29 bits per heavy atom. The van der Waals surface area contributed by atoms with E-state index in [-0.39, 0.29) is 47.0 Å². The summed E-state index contributed by atoms with van der Waals surface area (Å²) in [6.07, 6.45) is -20.6. The molecule has 0 aromatic rings.